The Balaban J connectivity index is 1.67. The first-order valence-corrected chi connectivity index (χ1v) is 8.54. The van der Waals surface area contributed by atoms with Crippen molar-refractivity contribution in [3.05, 3.63) is 0 Å². The van der Waals surface area contributed by atoms with Crippen molar-refractivity contribution in [3.63, 3.8) is 0 Å². The summed E-state index contributed by atoms with van der Waals surface area (Å²) in [4.78, 5) is 4.69. The van der Waals surface area contributed by atoms with Crippen molar-refractivity contribution < 1.29 is 9.84 Å². The highest BCUT2D eigenvalue weighted by molar-refractivity contribution is 4.83. The van der Waals surface area contributed by atoms with Crippen molar-refractivity contribution in [2.45, 2.75) is 52.2 Å². The summed E-state index contributed by atoms with van der Waals surface area (Å²) in [5.74, 6) is 0.730. The SMILES string of the molecule is C[C@H]1C[C@@H](OC[C@@H](O)CN2CCN(C)CC2)CC(C)(C)C1. The molecule has 1 saturated carbocycles. The molecule has 2 fully saturated rings. The number of piperazine rings is 1. The maximum Gasteiger partial charge on any atom is 0.0900 e. The third-order valence-electron chi connectivity index (χ3n) is 4.94. The molecule has 1 aliphatic heterocycles. The molecule has 124 valence electrons. The van der Waals surface area contributed by atoms with Gasteiger partial charge in [-0.15, -0.1) is 0 Å². The largest absolute Gasteiger partial charge is 0.389 e. The van der Waals surface area contributed by atoms with Crippen LogP contribution in [0.3, 0.4) is 0 Å². The van der Waals surface area contributed by atoms with Crippen LogP contribution in [0.2, 0.25) is 0 Å². The standard InChI is InChI=1S/C17H34N2O2/c1-14-9-16(11-17(2,3)10-14)21-13-15(20)12-19-7-5-18(4)6-8-19/h14-16,20H,5-13H2,1-4H3/t14-,15-,16+/m0/s1. The molecule has 0 aromatic carbocycles. The molecule has 0 bridgehead atoms. The number of hydrogen-bond acceptors (Lipinski definition) is 4. The van der Waals surface area contributed by atoms with Crippen LogP contribution < -0.4 is 0 Å². The Morgan fingerprint density at radius 2 is 1.86 bits per heavy atom. The number of aliphatic hydroxyl groups is 1. The summed E-state index contributed by atoms with van der Waals surface area (Å²) >= 11 is 0. The monoisotopic (exact) mass is 298 g/mol. The van der Waals surface area contributed by atoms with Gasteiger partial charge in [0.1, 0.15) is 0 Å². The molecule has 0 unspecified atom stereocenters. The minimum absolute atomic E-state index is 0.325. The molecular formula is C17H34N2O2. The number of aliphatic hydroxyl groups excluding tert-OH is 1. The van der Waals surface area contributed by atoms with Gasteiger partial charge in [-0.3, -0.25) is 4.90 Å². The van der Waals surface area contributed by atoms with E-state index in [-0.39, 0.29) is 6.10 Å². The topological polar surface area (TPSA) is 35.9 Å². The van der Waals surface area contributed by atoms with Crippen molar-refractivity contribution in [2.75, 3.05) is 46.4 Å². The molecule has 0 radical (unpaired) electrons. The molecule has 0 aromatic heterocycles. The van der Waals surface area contributed by atoms with Gasteiger partial charge in [0.25, 0.3) is 0 Å². The lowest BCUT2D eigenvalue weighted by Gasteiger charge is -2.39. The first-order valence-electron chi connectivity index (χ1n) is 8.54. The maximum atomic E-state index is 10.2. The van der Waals surface area contributed by atoms with E-state index in [4.69, 9.17) is 4.74 Å². The van der Waals surface area contributed by atoms with Gasteiger partial charge in [-0.1, -0.05) is 20.8 Å². The molecule has 1 N–H and O–H groups in total. The number of likely N-dealkylation sites (N-methyl/N-ethyl adjacent to an activating group) is 1. The molecule has 0 amide bonds. The van der Waals surface area contributed by atoms with Crippen LogP contribution in [0.15, 0.2) is 0 Å². The first-order chi connectivity index (χ1) is 9.84. The molecule has 0 aromatic rings. The van der Waals surface area contributed by atoms with Crippen molar-refractivity contribution in [1.82, 2.24) is 9.80 Å². The van der Waals surface area contributed by atoms with Crippen LogP contribution in [0.25, 0.3) is 0 Å². The number of β-amino-alcohol motifs (C(OH)–C–C–N with tert-alkyl or cyclic N) is 1. The lowest BCUT2D eigenvalue weighted by molar-refractivity contribution is -0.0630. The predicted octanol–water partition coefficient (Wildman–Crippen LogP) is 1.83. The van der Waals surface area contributed by atoms with Gasteiger partial charge in [0, 0.05) is 32.7 Å². The molecule has 1 heterocycles. The Bertz CT molecular complexity index is 314. The van der Waals surface area contributed by atoms with Crippen LogP contribution in [-0.4, -0.2) is 73.5 Å². The van der Waals surface area contributed by atoms with Crippen LogP contribution in [-0.2, 0) is 4.74 Å². The highest BCUT2D eigenvalue weighted by Gasteiger charge is 2.32. The third kappa shape index (κ3) is 5.85. The van der Waals surface area contributed by atoms with Crippen molar-refractivity contribution in [1.29, 1.82) is 0 Å². The Labute approximate surface area is 130 Å². The minimum atomic E-state index is -0.353. The summed E-state index contributed by atoms with van der Waals surface area (Å²) in [5, 5.41) is 10.2. The van der Waals surface area contributed by atoms with E-state index in [2.05, 4.69) is 37.6 Å². The van der Waals surface area contributed by atoms with E-state index in [0.717, 1.165) is 51.5 Å². The zero-order chi connectivity index (χ0) is 15.5. The highest BCUT2D eigenvalue weighted by atomic mass is 16.5. The molecule has 4 heteroatoms. The summed E-state index contributed by atoms with van der Waals surface area (Å²) in [6, 6.07) is 0. The van der Waals surface area contributed by atoms with E-state index in [1.54, 1.807) is 0 Å². The van der Waals surface area contributed by atoms with Gasteiger partial charge in [0.15, 0.2) is 0 Å². The van der Waals surface area contributed by atoms with Crippen molar-refractivity contribution >= 4 is 0 Å². The summed E-state index contributed by atoms with van der Waals surface area (Å²) in [5.41, 5.74) is 0.380. The second-order valence-electron chi connectivity index (χ2n) is 8.13. The Morgan fingerprint density at radius 1 is 1.19 bits per heavy atom. The van der Waals surface area contributed by atoms with Crippen LogP contribution in [0.5, 0.6) is 0 Å². The second kappa shape index (κ2) is 7.40. The van der Waals surface area contributed by atoms with Gasteiger partial charge in [0.05, 0.1) is 18.8 Å². The zero-order valence-corrected chi connectivity index (χ0v) is 14.3. The van der Waals surface area contributed by atoms with Gasteiger partial charge in [0.2, 0.25) is 0 Å². The van der Waals surface area contributed by atoms with Gasteiger partial charge in [-0.2, -0.15) is 0 Å². The molecule has 0 spiro atoms. The van der Waals surface area contributed by atoms with Crippen molar-refractivity contribution in [3.8, 4) is 0 Å². The average Bonchev–Trinajstić information content (AvgIpc) is 2.37. The van der Waals surface area contributed by atoms with Crippen LogP contribution >= 0.6 is 0 Å². The molecule has 1 aliphatic carbocycles. The highest BCUT2D eigenvalue weighted by Crippen LogP contribution is 2.39. The lowest BCUT2D eigenvalue weighted by Crippen LogP contribution is -2.47. The fourth-order valence-electron chi connectivity index (χ4n) is 4.01. The van der Waals surface area contributed by atoms with E-state index in [0.29, 0.717) is 18.1 Å². The molecule has 1 saturated heterocycles. The van der Waals surface area contributed by atoms with Crippen LogP contribution in [0.1, 0.15) is 40.0 Å². The van der Waals surface area contributed by atoms with Crippen LogP contribution in [0, 0.1) is 11.3 Å². The number of hydrogen-bond donors (Lipinski definition) is 1. The van der Waals surface area contributed by atoms with Gasteiger partial charge < -0.3 is 14.7 Å². The van der Waals surface area contributed by atoms with E-state index in [1.165, 1.54) is 6.42 Å². The van der Waals surface area contributed by atoms with Crippen LogP contribution in [0.4, 0.5) is 0 Å². The quantitative estimate of drug-likeness (QED) is 0.840. The summed E-state index contributed by atoms with van der Waals surface area (Å²) in [6.45, 7) is 12.5. The van der Waals surface area contributed by atoms with E-state index >= 15 is 0 Å². The van der Waals surface area contributed by atoms with E-state index in [9.17, 15) is 5.11 Å². The summed E-state index contributed by atoms with van der Waals surface area (Å²) in [7, 11) is 2.16. The Hall–Kier alpha value is -0.160. The molecule has 21 heavy (non-hydrogen) atoms. The molecule has 3 atom stereocenters. The normalized spacial score (nSPS) is 33.0. The average molecular weight is 298 g/mol. The first kappa shape index (κ1) is 17.2. The van der Waals surface area contributed by atoms with Gasteiger partial charge in [-0.05, 0) is 37.6 Å². The number of rotatable bonds is 5. The summed E-state index contributed by atoms with van der Waals surface area (Å²) in [6.07, 6.45) is 3.53. The fourth-order valence-corrected chi connectivity index (χ4v) is 4.01. The van der Waals surface area contributed by atoms with Crippen molar-refractivity contribution in [2.24, 2.45) is 11.3 Å². The second-order valence-corrected chi connectivity index (χ2v) is 8.13. The predicted molar refractivity (Wildman–Crippen MR) is 86.5 cm³/mol. The number of ether oxygens (including phenoxy) is 1. The van der Waals surface area contributed by atoms with E-state index < -0.39 is 0 Å². The summed E-state index contributed by atoms with van der Waals surface area (Å²) < 4.78 is 6.03. The van der Waals surface area contributed by atoms with Gasteiger partial charge in [-0.25, -0.2) is 0 Å². The third-order valence-corrected chi connectivity index (χ3v) is 4.94. The smallest absolute Gasteiger partial charge is 0.0900 e. The number of nitrogens with zero attached hydrogens (tertiary/aromatic N) is 2. The molecule has 2 rings (SSSR count). The molecule has 4 nitrogen and oxygen atoms in total. The Morgan fingerprint density at radius 3 is 2.48 bits per heavy atom. The van der Waals surface area contributed by atoms with E-state index in [1.807, 2.05) is 0 Å². The molecule has 2 aliphatic rings. The minimum Gasteiger partial charge on any atom is -0.389 e. The Kier molecular flexibility index (Phi) is 6.06. The fraction of sp³-hybridized carbons (Fsp3) is 1.00. The molecular weight excluding hydrogens is 264 g/mol. The maximum absolute atomic E-state index is 10.2. The lowest BCUT2D eigenvalue weighted by atomic mass is 9.71. The van der Waals surface area contributed by atoms with Gasteiger partial charge >= 0.3 is 0 Å². The zero-order valence-electron chi connectivity index (χ0n) is 14.3.